The van der Waals surface area contributed by atoms with E-state index in [1.165, 1.54) is 24.1 Å². The summed E-state index contributed by atoms with van der Waals surface area (Å²) in [6, 6.07) is 19.3. The Labute approximate surface area is 248 Å². The third-order valence-electron chi connectivity index (χ3n) is 6.72. The monoisotopic (exact) mass is 599 g/mol. The maximum atomic E-state index is 14.1. The van der Waals surface area contributed by atoms with Gasteiger partial charge < -0.3 is 15.0 Å². The molecule has 1 N–H and O–H groups in total. The second-order valence-electron chi connectivity index (χ2n) is 9.71. The molecule has 0 aliphatic heterocycles. The zero-order chi connectivity index (χ0) is 30.0. The number of para-hydroxylation sites is 2. The molecule has 3 aromatic carbocycles. The number of hydrogen-bond acceptors (Lipinski definition) is 5. The van der Waals surface area contributed by atoms with Crippen molar-refractivity contribution in [3.05, 3.63) is 88.9 Å². The van der Waals surface area contributed by atoms with Crippen LogP contribution in [0.2, 0.25) is 5.02 Å². The normalized spacial score (nSPS) is 11.9. The molecule has 0 fully saturated rings. The van der Waals surface area contributed by atoms with Gasteiger partial charge in [0.1, 0.15) is 18.3 Å². The minimum absolute atomic E-state index is 0.0374. The van der Waals surface area contributed by atoms with Gasteiger partial charge in [-0.15, -0.1) is 0 Å². The Morgan fingerprint density at radius 2 is 1.63 bits per heavy atom. The van der Waals surface area contributed by atoms with Crippen molar-refractivity contribution in [2.45, 2.75) is 57.5 Å². The summed E-state index contributed by atoms with van der Waals surface area (Å²) in [5.41, 5.74) is 1.88. The van der Waals surface area contributed by atoms with E-state index in [9.17, 15) is 18.0 Å². The molecule has 0 radical (unpaired) electrons. The summed E-state index contributed by atoms with van der Waals surface area (Å²) in [5, 5.41) is 3.47. The summed E-state index contributed by atoms with van der Waals surface area (Å²) in [4.78, 5) is 28.9. The van der Waals surface area contributed by atoms with E-state index in [0.717, 1.165) is 28.3 Å². The van der Waals surface area contributed by atoms with E-state index in [0.29, 0.717) is 23.7 Å². The Morgan fingerprint density at radius 1 is 0.976 bits per heavy atom. The molecule has 1 atom stereocenters. The summed E-state index contributed by atoms with van der Waals surface area (Å²) in [7, 11) is -2.75. The van der Waals surface area contributed by atoms with Crippen LogP contribution in [-0.2, 0) is 26.2 Å². The molecule has 0 saturated heterocycles. The number of nitrogens with one attached hydrogen (secondary N) is 1. The van der Waals surface area contributed by atoms with E-state index in [2.05, 4.69) is 5.32 Å². The van der Waals surface area contributed by atoms with Gasteiger partial charge in [0, 0.05) is 18.1 Å². The molecule has 10 heteroatoms. The zero-order valence-electron chi connectivity index (χ0n) is 24.0. The minimum Gasteiger partial charge on any atom is -0.495 e. The van der Waals surface area contributed by atoms with Gasteiger partial charge in [0.2, 0.25) is 11.8 Å². The van der Waals surface area contributed by atoms with Crippen LogP contribution < -0.4 is 14.4 Å². The van der Waals surface area contributed by atoms with Crippen LogP contribution in [-0.4, -0.2) is 51.4 Å². The van der Waals surface area contributed by atoms with Crippen LogP contribution in [0.4, 0.5) is 5.69 Å². The second-order valence-corrected chi connectivity index (χ2v) is 12.0. The molecule has 3 rings (SSSR count). The fourth-order valence-corrected chi connectivity index (χ4v) is 5.95. The highest BCUT2D eigenvalue weighted by molar-refractivity contribution is 7.92. The van der Waals surface area contributed by atoms with Gasteiger partial charge in [-0.3, -0.25) is 13.9 Å². The SMILES string of the molecule is CCCCNC(=O)C(CC)N(Cc1ccc(Cl)cc1)C(=O)CN(c1ccccc1OC)S(=O)(=O)c1ccc(C)cc1. The molecule has 1 unspecified atom stereocenters. The van der Waals surface area contributed by atoms with Crippen molar-refractivity contribution in [2.75, 3.05) is 24.5 Å². The standard InChI is InChI=1S/C31H38ClN3O5S/c1-5-7-20-33-31(37)27(6-2)34(21-24-14-16-25(32)17-15-24)30(36)22-35(28-10-8-9-11-29(28)40-4)41(38,39)26-18-12-23(3)13-19-26/h8-19,27H,5-7,20-22H2,1-4H3,(H,33,37). The van der Waals surface area contributed by atoms with Gasteiger partial charge in [0.05, 0.1) is 17.7 Å². The topological polar surface area (TPSA) is 96.0 Å². The fraction of sp³-hybridized carbons (Fsp3) is 0.355. The molecule has 0 bridgehead atoms. The molecule has 0 aromatic heterocycles. The van der Waals surface area contributed by atoms with Gasteiger partial charge in [0.15, 0.2) is 0 Å². The van der Waals surface area contributed by atoms with Crippen molar-refractivity contribution >= 4 is 39.1 Å². The molecule has 8 nitrogen and oxygen atoms in total. The first-order chi connectivity index (χ1) is 19.6. The molecule has 0 aliphatic rings. The highest BCUT2D eigenvalue weighted by Gasteiger charge is 2.34. The number of carbonyl (C=O) groups is 2. The Kier molecular flexibility index (Phi) is 11.6. The Hall–Kier alpha value is -3.56. The molecule has 3 aromatic rings. The summed E-state index contributed by atoms with van der Waals surface area (Å²) in [6.07, 6.45) is 2.07. The van der Waals surface area contributed by atoms with Crippen LogP contribution in [0.5, 0.6) is 5.75 Å². The zero-order valence-corrected chi connectivity index (χ0v) is 25.5. The molecule has 0 saturated carbocycles. The number of amides is 2. The Bertz CT molecular complexity index is 1410. The van der Waals surface area contributed by atoms with Crippen molar-refractivity contribution in [3.8, 4) is 5.75 Å². The number of ether oxygens (including phenoxy) is 1. The van der Waals surface area contributed by atoms with E-state index >= 15 is 0 Å². The van der Waals surface area contributed by atoms with Crippen LogP contribution in [0.15, 0.2) is 77.7 Å². The van der Waals surface area contributed by atoms with E-state index in [1.54, 1.807) is 60.7 Å². The minimum atomic E-state index is -4.19. The molecule has 220 valence electrons. The van der Waals surface area contributed by atoms with Gasteiger partial charge in [-0.2, -0.15) is 0 Å². The van der Waals surface area contributed by atoms with Gasteiger partial charge in [-0.1, -0.05) is 73.8 Å². The maximum absolute atomic E-state index is 14.1. The molecule has 2 amide bonds. The predicted octanol–water partition coefficient (Wildman–Crippen LogP) is 5.58. The number of benzene rings is 3. The first kappa shape index (κ1) is 32.0. The van der Waals surface area contributed by atoms with Gasteiger partial charge >= 0.3 is 0 Å². The van der Waals surface area contributed by atoms with Gasteiger partial charge in [0.25, 0.3) is 10.0 Å². The third-order valence-corrected chi connectivity index (χ3v) is 8.75. The predicted molar refractivity (Wildman–Crippen MR) is 163 cm³/mol. The highest BCUT2D eigenvalue weighted by atomic mass is 35.5. The van der Waals surface area contributed by atoms with Crippen molar-refractivity contribution in [3.63, 3.8) is 0 Å². The first-order valence-corrected chi connectivity index (χ1v) is 15.5. The number of hydrogen-bond donors (Lipinski definition) is 1. The summed E-state index contributed by atoms with van der Waals surface area (Å²) in [5.74, 6) is -0.517. The molecule has 0 spiro atoms. The molecular weight excluding hydrogens is 562 g/mol. The number of rotatable bonds is 14. The lowest BCUT2D eigenvalue weighted by Crippen LogP contribution is -2.52. The quantitative estimate of drug-likeness (QED) is 0.244. The van der Waals surface area contributed by atoms with Crippen LogP contribution in [0, 0.1) is 6.92 Å². The van der Waals surface area contributed by atoms with E-state index < -0.39 is 28.5 Å². The van der Waals surface area contributed by atoms with E-state index in [-0.39, 0.29) is 23.0 Å². The van der Waals surface area contributed by atoms with Crippen LogP contribution >= 0.6 is 11.6 Å². The van der Waals surface area contributed by atoms with E-state index in [1.807, 2.05) is 20.8 Å². The van der Waals surface area contributed by atoms with Gasteiger partial charge in [-0.25, -0.2) is 8.42 Å². The number of sulfonamides is 1. The summed E-state index contributed by atoms with van der Waals surface area (Å²) in [6.45, 7) is 5.77. The summed E-state index contributed by atoms with van der Waals surface area (Å²) >= 11 is 6.08. The van der Waals surface area contributed by atoms with E-state index in [4.69, 9.17) is 16.3 Å². The molecule has 0 aliphatic carbocycles. The van der Waals surface area contributed by atoms with Crippen LogP contribution in [0.1, 0.15) is 44.2 Å². The lowest BCUT2D eigenvalue weighted by Gasteiger charge is -2.33. The largest absolute Gasteiger partial charge is 0.495 e. The number of aryl methyl sites for hydroxylation is 1. The lowest BCUT2D eigenvalue weighted by molar-refractivity contribution is -0.140. The Balaban J connectivity index is 2.06. The maximum Gasteiger partial charge on any atom is 0.264 e. The van der Waals surface area contributed by atoms with Crippen molar-refractivity contribution in [1.82, 2.24) is 10.2 Å². The first-order valence-electron chi connectivity index (χ1n) is 13.7. The third kappa shape index (κ3) is 8.24. The molecular formula is C31H38ClN3O5S. The average Bonchev–Trinajstić information content (AvgIpc) is 2.97. The summed E-state index contributed by atoms with van der Waals surface area (Å²) < 4.78 is 34.6. The smallest absolute Gasteiger partial charge is 0.264 e. The van der Waals surface area contributed by atoms with Crippen molar-refractivity contribution in [2.24, 2.45) is 0 Å². The Morgan fingerprint density at radius 3 is 2.24 bits per heavy atom. The van der Waals surface area contributed by atoms with Crippen molar-refractivity contribution < 1.29 is 22.7 Å². The van der Waals surface area contributed by atoms with Crippen LogP contribution in [0.3, 0.4) is 0 Å². The average molecular weight is 600 g/mol. The number of anilines is 1. The number of methoxy groups -OCH3 is 1. The lowest BCUT2D eigenvalue weighted by atomic mass is 10.1. The van der Waals surface area contributed by atoms with Crippen LogP contribution in [0.25, 0.3) is 0 Å². The number of carbonyl (C=O) groups excluding carboxylic acids is 2. The van der Waals surface area contributed by atoms with Gasteiger partial charge in [-0.05, 0) is 61.7 Å². The van der Waals surface area contributed by atoms with Crippen molar-refractivity contribution in [1.29, 1.82) is 0 Å². The highest BCUT2D eigenvalue weighted by Crippen LogP contribution is 2.32. The number of nitrogens with zero attached hydrogens (tertiary/aromatic N) is 2. The number of unbranched alkanes of at least 4 members (excludes halogenated alkanes) is 1. The molecule has 41 heavy (non-hydrogen) atoms. The fourth-order valence-electron chi connectivity index (χ4n) is 4.40. The molecule has 0 heterocycles. The second kappa shape index (κ2) is 14.9. The number of halogens is 1.